The van der Waals surface area contributed by atoms with Gasteiger partial charge in [0.15, 0.2) is 0 Å². The standard InChI is InChI=1S/C12H21NO3/c1-9-6-13(7-11(8-14)16-9)12(15)5-10-3-2-4-10/h9-11,14H,2-8H2,1H3. The SMILES string of the molecule is CC1CN(C(=O)CC2CCC2)CC(CO)O1. The molecule has 0 aromatic carbocycles. The molecule has 0 spiro atoms. The van der Waals surface area contributed by atoms with E-state index in [1.165, 1.54) is 19.3 Å². The van der Waals surface area contributed by atoms with Crippen LogP contribution in [0.4, 0.5) is 0 Å². The van der Waals surface area contributed by atoms with E-state index in [0.717, 1.165) is 0 Å². The fourth-order valence-electron chi connectivity index (χ4n) is 2.42. The molecule has 2 unspecified atom stereocenters. The van der Waals surface area contributed by atoms with Crippen LogP contribution in [0.25, 0.3) is 0 Å². The van der Waals surface area contributed by atoms with Gasteiger partial charge >= 0.3 is 0 Å². The van der Waals surface area contributed by atoms with Gasteiger partial charge in [0.2, 0.25) is 5.91 Å². The Labute approximate surface area is 96.6 Å². The minimum absolute atomic E-state index is 0.00243. The van der Waals surface area contributed by atoms with Gasteiger partial charge in [-0.2, -0.15) is 0 Å². The first-order chi connectivity index (χ1) is 7.69. The van der Waals surface area contributed by atoms with Crippen molar-refractivity contribution >= 4 is 5.91 Å². The summed E-state index contributed by atoms with van der Waals surface area (Å²) in [6.07, 6.45) is 4.21. The normalized spacial score (nSPS) is 31.2. The minimum atomic E-state index is -0.200. The second-order valence-electron chi connectivity index (χ2n) is 5.05. The molecule has 1 saturated carbocycles. The molecule has 1 N–H and O–H groups in total. The van der Waals surface area contributed by atoms with Crippen LogP contribution >= 0.6 is 0 Å². The number of rotatable bonds is 3. The van der Waals surface area contributed by atoms with Crippen LogP contribution in [0.15, 0.2) is 0 Å². The minimum Gasteiger partial charge on any atom is -0.394 e. The third kappa shape index (κ3) is 2.74. The van der Waals surface area contributed by atoms with Crippen molar-refractivity contribution in [2.75, 3.05) is 19.7 Å². The molecule has 1 heterocycles. The highest BCUT2D eigenvalue weighted by atomic mass is 16.5. The molecule has 2 atom stereocenters. The van der Waals surface area contributed by atoms with E-state index in [-0.39, 0.29) is 24.7 Å². The van der Waals surface area contributed by atoms with E-state index >= 15 is 0 Å². The first kappa shape index (κ1) is 11.9. The molecule has 1 aliphatic heterocycles. The summed E-state index contributed by atoms with van der Waals surface area (Å²) in [5.41, 5.74) is 0. The smallest absolute Gasteiger partial charge is 0.223 e. The van der Waals surface area contributed by atoms with Gasteiger partial charge in [-0.25, -0.2) is 0 Å². The van der Waals surface area contributed by atoms with Gasteiger partial charge < -0.3 is 14.7 Å². The summed E-state index contributed by atoms with van der Waals surface area (Å²) in [4.78, 5) is 13.9. The lowest BCUT2D eigenvalue weighted by Crippen LogP contribution is -2.50. The van der Waals surface area contributed by atoms with Gasteiger partial charge in [0.25, 0.3) is 0 Å². The number of morpholine rings is 1. The zero-order chi connectivity index (χ0) is 11.5. The Morgan fingerprint density at radius 2 is 2.19 bits per heavy atom. The first-order valence-electron chi connectivity index (χ1n) is 6.23. The van der Waals surface area contributed by atoms with Crippen LogP contribution in [-0.4, -0.2) is 47.8 Å². The Balaban J connectivity index is 1.84. The van der Waals surface area contributed by atoms with Crippen molar-refractivity contribution in [3.05, 3.63) is 0 Å². The fraction of sp³-hybridized carbons (Fsp3) is 0.917. The van der Waals surface area contributed by atoms with E-state index < -0.39 is 0 Å². The number of aliphatic hydroxyl groups excluding tert-OH is 1. The maximum absolute atomic E-state index is 12.0. The molecule has 0 aromatic heterocycles. The van der Waals surface area contributed by atoms with Crippen molar-refractivity contribution in [2.45, 2.75) is 44.8 Å². The third-order valence-electron chi connectivity index (χ3n) is 3.57. The monoisotopic (exact) mass is 227 g/mol. The van der Waals surface area contributed by atoms with Gasteiger partial charge in [-0.05, 0) is 25.7 Å². The second-order valence-corrected chi connectivity index (χ2v) is 5.05. The Morgan fingerprint density at radius 3 is 2.75 bits per heavy atom. The molecule has 92 valence electrons. The molecule has 2 rings (SSSR count). The van der Waals surface area contributed by atoms with E-state index in [1.807, 2.05) is 11.8 Å². The van der Waals surface area contributed by atoms with Gasteiger partial charge in [0.1, 0.15) is 0 Å². The van der Waals surface area contributed by atoms with E-state index in [1.54, 1.807) is 0 Å². The number of ether oxygens (including phenoxy) is 1. The summed E-state index contributed by atoms with van der Waals surface area (Å²) in [5, 5.41) is 9.08. The zero-order valence-corrected chi connectivity index (χ0v) is 9.89. The number of hydrogen-bond donors (Lipinski definition) is 1. The van der Waals surface area contributed by atoms with Crippen LogP contribution in [0.3, 0.4) is 0 Å². The predicted octanol–water partition coefficient (Wildman–Crippen LogP) is 0.785. The summed E-state index contributed by atoms with van der Waals surface area (Å²) >= 11 is 0. The Bertz CT molecular complexity index is 253. The highest BCUT2D eigenvalue weighted by molar-refractivity contribution is 5.76. The van der Waals surface area contributed by atoms with Crippen molar-refractivity contribution in [2.24, 2.45) is 5.92 Å². The summed E-state index contributed by atoms with van der Waals surface area (Å²) < 4.78 is 5.52. The summed E-state index contributed by atoms with van der Waals surface area (Å²) in [6, 6.07) is 0. The van der Waals surface area contributed by atoms with E-state index in [2.05, 4.69) is 0 Å². The molecular formula is C12H21NO3. The topological polar surface area (TPSA) is 49.8 Å². The van der Waals surface area contributed by atoms with E-state index in [9.17, 15) is 4.79 Å². The zero-order valence-electron chi connectivity index (χ0n) is 9.89. The molecular weight excluding hydrogens is 206 g/mol. The second kappa shape index (κ2) is 5.15. The molecule has 0 aromatic rings. The lowest BCUT2D eigenvalue weighted by molar-refractivity contribution is -0.148. The number of aliphatic hydroxyl groups is 1. The Morgan fingerprint density at radius 1 is 1.44 bits per heavy atom. The van der Waals surface area contributed by atoms with Crippen LogP contribution in [0.5, 0.6) is 0 Å². The maximum atomic E-state index is 12.0. The van der Waals surface area contributed by atoms with Crippen LogP contribution < -0.4 is 0 Å². The average molecular weight is 227 g/mol. The van der Waals surface area contributed by atoms with Gasteiger partial charge in [0.05, 0.1) is 18.8 Å². The summed E-state index contributed by atoms with van der Waals surface area (Å²) in [6.45, 7) is 3.16. The van der Waals surface area contributed by atoms with Crippen LogP contribution in [0.1, 0.15) is 32.6 Å². The van der Waals surface area contributed by atoms with Gasteiger partial charge in [-0.15, -0.1) is 0 Å². The quantitative estimate of drug-likeness (QED) is 0.775. The average Bonchev–Trinajstić information content (AvgIpc) is 2.22. The molecule has 0 bridgehead atoms. The Kier molecular flexibility index (Phi) is 3.82. The number of hydrogen-bond acceptors (Lipinski definition) is 3. The molecule has 1 amide bonds. The molecule has 0 radical (unpaired) electrons. The third-order valence-corrected chi connectivity index (χ3v) is 3.57. The first-order valence-corrected chi connectivity index (χ1v) is 6.23. The molecule has 1 aliphatic carbocycles. The molecule has 1 saturated heterocycles. The number of carbonyl (C=O) groups is 1. The van der Waals surface area contributed by atoms with E-state index in [4.69, 9.17) is 9.84 Å². The van der Waals surface area contributed by atoms with E-state index in [0.29, 0.717) is 25.4 Å². The van der Waals surface area contributed by atoms with Crippen LogP contribution in [0.2, 0.25) is 0 Å². The van der Waals surface area contributed by atoms with Crippen molar-refractivity contribution in [3.63, 3.8) is 0 Å². The van der Waals surface area contributed by atoms with Crippen molar-refractivity contribution < 1.29 is 14.6 Å². The summed E-state index contributed by atoms with van der Waals surface area (Å²) in [5.74, 6) is 0.844. The van der Waals surface area contributed by atoms with Crippen molar-refractivity contribution in [1.29, 1.82) is 0 Å². The number of nitrogens with zero attached hydrogens (tertiary/aromatic N) is 1. The van der Waals surface area contributed by atoms with Crippen LogP contribution in [-0.2, 0) is 9.53 Å². The van der Waals surface area contributed by atoms with Crippen molar-refractivity contribution in [1.82, 2.24) is 4.90 Å². The molecule has 4 heteroatoms. The molecule has 16 heavy (non-hydrogen) atoms. The number of amides is 1. The largest absolute Gasteiger partial charge is 0.394 e. The maximum Gasteiger partial charge on any atom is 0.223 e. The number of carbonyl (C=O) groups excluding carboxylic acids is 1. The van der Waals surface area contributed by atoms with Crippen LogP contribution in [0, 0.1) is 5.92 Å². The molecule has 2 aliphatic rings. The fourth-order valence-corrected chi connectivity index (χ4v) is 2.42. The lowest BCUT2D eigenvalue weighted by Gasteiger charge is -2.37. The van der Waals surface area contributed by atoms with Crippen molar-refractivity contribution in [3.8, 4) is 0 Å². The summed E-state index contributed by atoms with van der Waals surface area (Å²) in [7, 11) is 0. The Hall–Kier alpha value is -0.610. The molecule has 2 fully saturated rings. The van der Waals surface area contributed by atoms with Gasteiger partial charge in [0, 0.05) is 19.5 Å². The highest BCUT2D eigenvalue weighted by Crippen LogP contribution is 2.30. The molecule has 4 nitrogen and oxygen atoms in total. The van der Waals surface area contributed by atoms with Gasteiger partial charge in [-0.3, -0.25) is 4.79 Å². The lowest BCUT2D eigenvalue weighted by atomic mass is 9.82. The highest BCUT2D eigenvalue weighted by Gasteiger charge is 2.30. The van der Waals surface area contributed by atoms with Gasteiger partial charge in [-0.1, -0.05) is 6.42 Å². The predicted molar refractivity (Wildman–Crippen MR) is 60.0 cm³/mol.